The van der Waals surface area contributed by atoms with Gasteiger partial charge in [-0.05, 0) is 19.1 Å². The molecule has 0 bridgehead atoms. The van der Waals surface area contributed by atoms with Crippen LogP contribution in [0, 0.1) is 0 Å². The molecule has 2 N–H and O–H groups in total. The molecule has 3 rings (SSSR count). The number of quaternary nitrogens is 1. The first-order valence-corrected chi connectivity index (χ1v) is 8.90. The van der Waals surface area contributed by atoms with Crippen LogP contribution in [0.3, 0.4) is 0 Å². The number of amides is 3. The highest BCUT2D eigenvalue weighted by Crippen LogP contribution is 2.31. The summed E-state index contributed by atoms with van der Waals surface area (Å²) in [6, 6.07) is 6.85. The molecule has 0 radical (unpaired) electrons. The highest BCUT2D eigenvalue weighted by atomic mass is 16.6. The van der Waals surface area contributed by atoms with Crippen LogP contribution >= 0.6 is 0 Å². The molecule has 3 amide bonds. The molecule has 146 valence electrons. The van der Waals surface area contributed by atoms with Crippen LogP contribution in [0.4, 0.5) is 4.79 Å². The zero-order chi connectivity index (χ0) is 19.4. The summed E-state index contributed by atoms with van der Waals surface area (Å²) >= 11 is 0. The fraction of sp³-hybridized carbons (Fsp3) is 0.500. The third-order valence-electron chi connectivity index (χ3n) is 4.92. The molecule has 1 saturated heterocycles. The predicted octanol–water partition coefficient (Wildman–Crippen LogP) is -1.18. The Kier molecular flexibility index (Phi) is 5.80. The summed E-state index contributed by atoms with van der Waals surface area (Å²) in [4.78, 5) is 38.7. The van der Waals surface area contributed by atoms with Crippen molar-refractivity contribution in [2.75, 3.05) is 39.9 Å². The summed E-state index contributed by atoms with van der Waals surface area (Å²) in [7, 11) is 1.21. The second-order valence-electron chi connectivity index (χ2n) is 6.55. The van der Waals surface area contributed by atoms with Crippen molar-refractivity contribution in [1.29, 1.82) is 0 Å². The fourth-order valence-corrected chi connectivity index (χ4v) is 3.24. The summed E-state index contributed by atoms with van der Waals surface area (Å²) in [5.74, 6) is 0.702. The van der Waals surface area contributed by atoms with Gasteiger partial charge in [0.15, 0.2) is 17.5 Å². The Hall–Kier alpha value is -2.81. The van der Waals surface area contributed by atoms with Gasteiger partial charge in [0.05, 0.1) is 33.3 Å². The number of piperazine rings is 1. The van der Waals surface area contributed by atoms with E-state index in [0.29, 0.717) is 37.7 Å². The van der Waals surface area contributed by atoms with Gasteiger partial charge in [0.2, 0.25) is 6.10 Å². The molecule has 2 aliphatic rings. The molecule has 0 aliphatic carbocycles. The van der Waals surface area contributed by atoms with Gasteiger partial charge in [-0.2, -0.15) is 0 Å². The van der Waals surface area contributed by atoms with Gasteiger partial charge in [-0.15, -0.1) is 0 Å². The van der Waals surface area contributed by atoms with Crippen LogP contribution < -0.4 is 19.7 Å². The largest absolute Gasteiger partial charge is 0.485 e. The summed E-state index contributed by atoms with van der Waals surface area (Å²) in [6.07, 6.45) is -1.43. The Morgan fingerprint density at radius 3 is 2.56 bits per heavy atom. The number of hydrogen-bond acceptors (Lipinski definition) is 6. The van der Waals surface area contributed by atoms with Crippen LogP contribution in [-0.2, 0) is 14.3 Å². The Morgan fingerprint density at radius 1 is 1.22 bits per heavy atom. The average Bonchev–Trinajstić information content (AvgIpc) is 2.72. The van der Waals surface area contributed by atoms with E-state index in [1.807, 2.05) is 12.1 Å². The van der Waals surface area contributed by atoms with Crippen LogP contribution in [-0.4, -0.2) is 74.8 Å². The minimum atomic E-state index is -0.769. The standard InChI is InChI=1S/C18H23N3O6/c1-12(16(22)19-18(24)25-2)20-7-9-21(10-8-20)17(23)15-11-26-13-5-3-4-6-14(13)27-15/h3-6,12,15H,7-11H2,1-2H3,(H,19,22,24)/p+1/t12-,15+/m0/s1. The molecule has 0 unspecified atom stereocenters. The number of benzene rings is 1. The first kappa shape index (κ1) is 19.0. The van der Waals surface area contributed by atoms with Gasteiger partial charge in [-0.3, -0.25) is 14.9 Å². The van der Waals surface area contributed by atoms with Crippen molar-refractivity contribution in [3.63, 3.8) is 0 Å². The lowest BCUT2D eigenvalue weighted by atomic mass is 10.2. The van der Waals surface area contributed by atoms with Crippen LogP contribution in [0.5, 0.6) is 11.5 Å². The van der Waals surface area contributed by atoms with Gasteiger partial charge in [0, 0.05) is 0 Å². The van der Waals surface area contributed by atoms with Crippen LogP contribution in [0.2, 0.25) is 0 Å². The number of imide groups is 1. The zero-order valence-electron chi connectivity index (χ0n) is 15.4. The van der Waals surface area contributed by atoms with Gasteiger partial charge in [-0.1, -0.05) is 12.1 Å². The van der Waals surface area contributed by atoms with E-state index in [1.54, 1.807) is 24.0 Å². The van der Waals surface area contributed by atoms with Gasteiger partial charge < -0.3 is 24.0 Å². The van der Waals surface area contributed by atoms with Crippen molar-refractivity contribution >= 4 is 17.9 Å². The van der Waals surface area contributed by atoms with Crippen molar-refractivity contribution in [2.45, 2.75) is 19.1 Å². The second kappa shape index (κ2) is 8.26. The molecule has 1 fully saturated rings. The Morgan fingerprint density at radius 2 is 1.89 bits per heavy atom. The molecule has 0 spiro atoms. The van der Waals surface area contributed by atoms with Crippen LogP contribution in [0.25, 0.3) is 0 Å². The van der Waals surface area contributed by atoms with E-state index in [0.717, 1.165) is 4.90 Å². The van der Waals surface area contributed by atoms with Crippen molar-refractivity contribution in [3.8, 4) is 11.5 Å². The van der Waals surface area contributed by atoms with Gasteiger partial charge in [-0.25, -0.2) is 4.79 Å². The number of hydrogen-bond donors (Lipinski definition) is 2. The van der Waals surface area contributed by atoms with Crippen molar-refractivity contribution < 1.29 is 33.5 Å². The highest BCUT2D eigenvalue weighted by Gasteiger charge is 2.36. The molecular formula is C18H24N3O6+. The second-order valence-corrected chi connectivity index (χ2v) is 6.55. The van der Waals surface area contributed by atoms with E-state index in [2.05, 4.69) is 10.1 Å². The average molecular weight is 378 g/mol. The predicted molar refractivity (Wildman–Crippen MR) is 93.6 cm³/mol. The van der Waals surface area contributed by atoms with Crippen molar-refractivity contribution in [1.82, 2.24) is 10.2 Å². The van der Waals surface area contributed by atoms with Crippen molar-refractivity contribution in [3.05, 3.63) is 24.3 Å². The van der Waals surface area contributed by atoms with Crippen LogP contribution in [0.15, 0.2) is 24.3 Å². The van der Waals surface area contributed by atoms with Crippen molar-refractivity contribution in [2.24, 2.45) is 0 Å². The monoisotopic (exact) mass is 378 g/mol. The van der Waals surface area contributed by atoms with E-state index in [9.17, 15) is 14.4 Å². The summed E-state index contributed by atoms with van der Waals surface area (Å²) in [5, 5.41) is 2.18. The molecule has 27 heavy (non-hydrogen) atoms. The lowest BCUT2D eigenvalue weighted by Gasteiger charge is -2.36. The molecule has 2 heterocycles. The van der Waals surface area contributed by atoms with E-state index in [4.69, 9.17) is 9.47 Å². The molecule has 1 aromatic carbocycles. The molecule has 1 aromatic rings. The number of alkyl carbamates (subject to hydrolysis) is 1. The number of carbonyl (C=O) groups excluding carboxylic acids is 3. The van der Waals surface area contributed by atoms with Crippen LogP contribution in [0.1, 0.15) is 6.92 Å². The van der Waals surface area contributed by atoms with Gasteiger partial charge in [0.25, 0.3) is 11.8 Å². The SMILES string of the molecule is COC(=O)NC(=O)[C@H](C)[NH+]1CCN(C(=O)[C@H]2COc3ccccc3O2)CC1. The number of fused-ring (bicyclic) bond motifs is 1. The molecule has 2 aliphatic heterocycles. The maximum atomic E-state index is 12.7. The lowest BCUT2D eigenvalue weighted by molar-refractivity contribution is -0.917. The normalized spacial score (nSPS) is 20.5. The maximum Gasteiger partial charge on any atom is 0.413 e. The Balaban J connectivity index is 1.51. The quantitative estimate of drug-likeness (QED) is 0.688. The molecule has 0 saturated carbocycles. The maximum absolute atomic E-state index is 12.7. The molecule has 9 heteroatoms. The summed E-state index contributed by atoms with van der Waals surface area (Å²) in [5.41, 5.74) is 0. The third kappa shape index (κ3) is 4.30. The first-order chi connectivity index (χ1) is 13.0. The number of ether oxygens (including phenoxy) is 3. The van der Waals surface area contributed by atoms with E-state index >= 15 is 0 Å². The topological polar surface area (TPSA) is 98.6 Å². The smallest absolute Gasteiger partial charge is 0.413 e. The number of nitrogens with zero attached hydrogens (tertiary/aromatic N) is 1. The minimum Gasteiger partial charge on any atom is -0.485 e. The molecular weight excluding hydrogens is 354 g/mol. The molecule has 0 aromatic heterocycles. The molecule has 9 nitrogen and oxygen atoms in total. The number of nitrogens with one attached hydrogen (secondary N) is 2. The zero-order valence-corrected chi connectivity index (χ0v) is 15.4. The number of methoxy groups -OCH3 is 1. The number of rotatable bonds is 3. The fourth-order valence-electron chi connectivity index (χ4n) is 3.24. The first-order valence-electron chi connectivity index (χ1n) is 8.90. The lowest BCUT2D eigenvalue weighted by Crippen LogP contribution is -3.19. The molecule has 2 atom stereocenters. The summed E-state index contributed by atoms with van der Waals surface area (Å²) in [6.45, 7) is 4.15. The Labute approximate surface area is 157 Å². The van der Waals surface area contributed by atoms with E-state index in [1.165, 1.54) is 7.11 Å². The van der Waals surface area contributed by atoms with E-state index in [-0.39, 0.29) is 12.5 Å². The number of para-hydroxylation sites is 2. The van der Waals surface area contributed by atoms with Gasteiger partial charge >= 0.3 is 6.09 Å². The van der Waals surface area contributed by atoms with E-state index < -0.39 is 24.1 Å². The van der Waals surface area contributed by atoms with Gasteiger partial charge in [0.1, 0.15) is 6.61 Å². The number of carbonyl (C=O) groups is 3. The summed E-state index contributed by atoms with van der Waals surface area (Å²) < 4.78 is 15.8. The highest BCUT2D eigenvalue weighted by molar-refractivity contribution is 5.93. The Bertz CT molecular complexity index is 717. The third-order valence-corrected chi connectivity index (χ3v) is 4.92. The minimum absolute atomic E-state index is 0.116.